The van der Waals surface area contributed by atoms with Crippen LogP contribution in [0.2, 0.25) is 0 Å². The molecule has 6 heteroatoms. The molecule has 0 spiro atoms. The first-order valence-corrected chi connectivity index (χ1v) is 8.06. The van der Waals surface area contributed by atoms with Crippen LogP contribution in [0.3, 0.4) is 0 Å². The van der Waals surface area contributed by atoms with Crippen LogP contribution in [0.25, 0.3) is 0 Å². The molecular weight excluding hydrogens is 362 g/mol. The van der Waals surface area contributed by atoms with Crippen molar-refractivity contribution in [3.63, 3.8) is 0 Å². The van der Waals surface area contributed by atoms with E-state index in [1.165, 1.54) is 13.0 Å². The molecule has 0 aliphatic rings. The van der Waals surface area contributed by atoms with Gasteiger partial charge >= 0.3 is 0 Å². The number of halogens is 3. The number of hydrogen-bond acceptors (Lipinski definition) is 2. The molecule has 0 aromatic heterocycles. The fraction of sp³-hybridized carbons (Fsp3) is 0.133. The third-order valence-electron chi connectivity index (χ3n) is 2.94. The predicted molar refractivity (Wildman–Crippen MR) is 80.7 cm³/mol. The van der Waals surface area contributed by atoms with Crippen molar-refractivity contribution in [2.75, 3.05) is 0 Å². The largest absolute Gasteiger partial charge is 0.293 e. The first kappa shape index (κ1) is 16.0. The summed E-state index contributed by atoms with van der Waals surface area (Å²) >= 11 is 3.27. The Hall–Kier alpha value is -1.40. The number of rotatable bonds is 4. The van der Waals surface area contributed by atoms with Gasteiger partial charge in [0.25, 0.3) is 0 Å². The van der Waals surface area contributed by atoms with Gasteiger partial charge in [0.1, 0.15) is 0 Å². The van der Waals surface area contributed by atoms with Crippen LogP contribution < -0.4 is 0 Å². The van der Waals surface area contributed by atoms with Gasteiger partial charge in [0.2, 0.25) is 0 Å². The Morgan fingerprint density at radius 2 is 1.71 bits per heavy atom. The quantitative estimate of drug-likeness (QED) is 0.756. The van der Waals surface area contributed by atoms with Gasteiger partial charge in [-0.3, -0.25) is 9.00 Å². The average Bonchev–Trinajstić information content (AvgIpc) is 2.48. The Labute approximate surface area is 131 Å². The molecule has 21 heavy (non-hydrogen) atoms. The maximum atomic E-state index is 13.2. The Kier molecular flexibility index (Phi) is 5.00. The smallest absolute Gasteiger partial charge is 0.178 e. The Morgan fingerprint density at radius 3 is 2.29 bits per heavy atom. The van der Waals surface area contributed by atoms with Crippen molar-refractivity contribution in [2.45, 2.75) is 17.1 Å². The maximum absolute atomic E-state index is 13.2. The lowest BCUT2D eigenvalue weighted by molar-refractivity contribution is 0.0992. The molecule has 0 amide bonds. The molecule has 0 saturated carbocycles. The molecule has 2 unspecified atom stereocenters. The van der Waals surface area contributed by atoms with Gasteiger partial charge in [-0.2, -0.15) is 0 Å². The lowest BCUT2D eigenvalue weighted by atomic mass is 10.1. The number of benzene rings is 2. The second kappa shape index (κ2) is 6.58. The second-order valence-corrected chi connectivity index (χ2v) is 7.08. The van der Waals surface area contributed by atoms with Crippen molar-refractivity contribution in [3.8, 4) is 0 Å². The van der Waals surface area contributed by atoms with E-state index in [1.807, 2.05) is 0 Å². The third kappa shape index (κ3) is 3.63. The third-order valence-corrected chi connectivity index (χ3v) is 5.06. The van der Waals surface area contributed by atoms with Crippen molar-refractivity contribution in [2.24, 2.45) is 0 Å². The highest BCUT2D eigenvalue weighted by Crippen LogP contribution is 2.19. The van der Waals surface area contributed by atoms with E-state index in [0.717, 1.165) is 16.6 Å². The van der Waals surface area contributed by atoms with Crippen molar-refractivity contribution in [3.05, 3.63) is 64.1 Å². The summed E-state index contributed by atoms with van der Waals surface area (Å²) < 4.78 is 39.2. The number of carbonyl (C=O) groups is 1. The van der Waals surface area contributed by atoms with Gasteiger partial charge in [-0.05, 0) is 49.4 Å². The molecule has 0 heterocycles. The molecule has 0 N–H and O–H groups in total. The molecule has 0 radical (unpaired) electrons. The molecule has 110 valence electrons. The van der Waals surface area contributed by atoms with Crippen LogP contribution >= 0.6 is 15.9 Å². The van der Waals surface area contributed by atoms with Crippen LogP contribution in [-0.4, -0.2) is 15.2 Å². The predicted octanol–water partition coefficient (Wildman–Crippen LogP) is 4.11. The van der Waals surface area contributed by atoms with Crippen LogP contribution in [0.4, 0.5) is 8.78 Å². The zero-order valence-electron chi connectivity index (χ0n) is 11.0. The molecule has 2 aromatic rings. The highest BCUT2D eigenvalue weighted by molar-refractivity contribution is 9.10. The van der Waals surface area contributed by atoms with Crippen LogP contribution in [0.1, 0.15) is 17.3 Å². The van der Waals surface area contributed by atoms with Crippen molar-refractivity contribution >= 4 is 32.5 Å². The van der Waals surface area contributed by atoms with Crippen molar-refractivity contribution < 1.29 is 17.8 Å². The Balaban J connectivity index is 2.24. The minimum Gasteiger partial charge on any atom is -0.293 e. The molecule has 2 atom stereocenters. The summed E-state index contributed by atoms with van der Waals surface area (Å²) in [7, 11) is -1.57. The van der Waals surface area contributed by atoms with E-state index in [9.17, 15) is 17.8 Å². The first-order chi connectivity index (χ1) is 9.90. The second-order valence-electron chi connectivity index (χ2n) is 4.39. The molecule has 0 aliphatic heterocycles. The lowest BCUT2D eigenvalue weighted by Gasteiger charge is -2.11. The zero-order chi connectivity index (χ0) is 15.6. The molecule has 0 fully saturated rings. The lowest BCUT2D eigenvalue weighted by Crippen LogP contribution is -2.23. The van der Waals surface area contributed by atoms with Crippen LogP contribution in [0, 0.1) is 11.6 Å². The number of Topliss-reactive ketones (excluding diaryl/α,β-unsaturated/α-hetero) is 1. The molecule has 2 nitrogen and oxygen atoms in total. The average molecular weight is 373 g/mol. The summed E-state index contributed by atoms with van der Waals surface area (Å²) in [5, 5.41) is -0.851. The summed E-state index contributed by atoms with van der Waals surface area (Å²) in [4.78, 5) is 12.7. The zero-order valence-corrected chi connectivity index (χ0v) is 13.4. The van der Waals surface area contributed by atoms with Crippen LogP contribution in [-0.2, 0) is 10.8 Å². The summed E-state index contributed by atoms with van der Waals surface area (Å²) in [5.41, 5.74) is 0.00635. The monoisotopic (exact) mass is 372 g/mol. The van der Waals surface area contributed by atoms with Gasteiger partial charge in [-0.15, -0.1) is 0 Å². The van der Waals surface area contributed by atoms with E-state index in [2.05, 4.69) is 15.9 Å². The van der Waals surface area contributed by atoms with Crippen LogP contribution in [0.15, 0.2) is 51.8 Å². The van der Waals surface area contributed by atoms with E-state index in [-0.39, 0.29) is 5.56 Å². The topological polar surface area (TPSA) is 34.1 Å². The Bertz CT molecular complexity index is 701. The minimum atomic E-state index is -1.57. The van der Waals surface area contributed by atoms with E-state index in [1.54, 1.807) is 24.3 Å². The van der Waals surface area contributed by atoms with Gasteiger partial charge < -0.3 is 0 Å². The van der Waals surface area contributed by atoms with E-state index < -0.39 is 33.5 Å². The molecule has 0 aliphatic carbocycles. The number of ketones is 1. The Morgan fingerprint density at radius 1 is 1.10 bits per heavy atom. The molecular formula is C15H11BrF2O2S. The van der Waals surface area contributed by atoms with Crippen molar-refractivity contribution in [1.29, 1.82) is 0 Å². The minimum absolute atomic E-state index is 0.00635. The number of hydrogen-bond donors (Lipinski definition) is 0. The molecule has 2 aromatic carbocycles. The number of carbonyl (C=O) groups excluding carboxylic acids is 1. The standard InChI is InChI=1S/C15H11BrF2O2S/c1-9(21(20)12-5-3-11(16)4-6-12)15(19)10-2-7-13(17)14(18)8-10/h2-9H,1H3. The SMILES string of the molecule is CC(C(=O)c1ccc(F)c(F)c1)S(=O)c1ccc(Br)cc1. The first-order valence-electron chi connectivity index (χ1n) is 6.05. The van der Waals surface area contributed by atoms with E-state index in [0.29, 0.717) is 4.90 Å². The fourth-order valence-electron chi connectivity index (χ4n) is 1.75. The molecule has 0 saturated heterocycles. The highest BCUT2D eigenvalue weighted by atomic mass is 79.9. The van der Waals surface area contributed by atoms with Gasteiger partial charge in [0, 0.05) is 14.9 Å². The van der Waals surface area contributed by atoms with Crippen molar-refractivity contribution in [1.82, 2.24) is 0 Å². The van der Waals surface area contributed by atoms with Crippen LogP contribution in [0.5, 0.6) is 0 Å². The summed E-state index contributed by atoms with van der Waals surface area (Å²) in [6, 6.07) is 9.65. The van der Waals surface area contributed by atoms with E-state index in [4.69, 9.17) is 0 Å². The van der Waals surface area contributed by atoms with E-state index >= 15 is 0 Å². The maximum Gasteiger partial charge on any atom is 0.178 e. The van der Waals surface area contributed by atoms with Gasteiger partial charge in [-0.25, -0.2) is 8.78 Å². The molecule has 0 bridgehead atoms. The summed E-state index contributed by atoms with van der Waals surface area (Å²) in [6.07, 6.45) is 0. The highest BCUT2D eigenvalue weighted by Gasteiger charge is 2.23. The normalized spacial score (nSPS) is 13.7. The van der Waals surface area contributed by atoms with Gasteiger partial charge in [-0.1, -0.05) is 15.9 Å². The summed E-state index contributed by atoms with van der Waals surface area (Å²) in [6.45, 7) is 1.50. The van der Waals surface area contributed by atoms with Gasteiger partial charge in [0.05, 0.1) is 16.0 Å². The fourth-order valence-corrected chi connectivity index (χ4v) is 3.16. The molecule has 2 rings (SSSR count). The summed E-state index contributed by atoms with van der Waals surface area (Å²) in [5.74, 6) is -2.61. The van der Waals surface area contributed by atoms with Gasteiger partial charge in [0.15, 0.2) is 17.4 Å².